The summed E-state index contributed by atoms with van der Waals surface area (Å²) in [5.41, 5.74) is 6.17. The van der Waals surface area contributed by atoms with Crippen molar-refractivity contribution >= 4 is 59.1 Å². The Morgan fingerprint density at radius 2 is 1.19 bits per heavy atom. The molecule has 1 spiro atoms. The molecular formula is C32H21N3PoSi. The molecule has 2 aliphatic rings. The van der Waals surface area contributed by atoms with E-state index in [0.29, 0.717) is 0 Å². The Hall–Kier alpha value is -3.65. The number of pyridine rings is 1. The van der Waals surface area contributed by atoms with Gasteiger partial charge in [-0.3, -0.25) is 0 Å². The van der Waals surface area contributed by atoms with Crippen molar-refractivity contribution < 1.29 is 0 Å². The SMILES string of the molecule is c1cc2nc(c1)[Si]1(c3ccn(n3)-c3cccc[c]3[Po][c]3ccccc3-2)c2ccccc2-c2ccccc21. The van der Waals surface area contributed by atoms with E-state index in [1.54, 1.807) is 0 Å². The Kier molecular flexibility index (Phi) is 4.74. The summed E-state index contributed by atoms with van der Waals surface area (Å²) in [7, 11) is -2.73. The molecule has 0 N–H and O–H groups in total. The van der Waals surface area contributed by atoms with E-state index < -0.39 is 31.6 Å². The van der Waals surface area contributed by atoms with Crippen LogP contribution in [-0.4, -0.2) is 46.4 Å². The second-order valence-corrected chi connectivity index (χ2v) is 17.3. The van der Waals surface area contributed by atoms with Crippen molar-refractivity contribution in [2.24, 2.45) is 0 Å². The monoisotopic (exact) mass is 684 g/mol. The third-order valence-corrected chi connectivity index (χ3v) is 16.6. The first-order valence-corrected chi connectivity index (χ1v) is 17.6. The molecule has 4 bridgehead atoms. The second-order valence-electron chi connectivity index (χ2n) is 9.46. The Labute approximate surface area is 228 Å². The summed E-state index contributed by atoms with van der Waals surface area (Å²) in [6.45, 7) is 0. The summed E-state index contributed by atoms with van der Waals surface area (Å²) < 4.78 is 4.98. The fourth-order valence-electron chi connectivity index (χ4n) is 5.99. The second kappa shape index (κ2) is 8.18. The maximum absolute atomic E-state index is 5.51. The van der Waals surface area contributed by atoms with E-state index in [-0.39, 0.29) is 0 Å². The van der Waals surface area contributed by atoms with E-state index in [9.17, 15) is 0 Å². The molecule has 0 unspecified atom stereocenters. The minimum absolute atomic E-state index is 1.07. The molecule has 174 valence electrons. The van der Waals surface area contributed by atoms with Gasteiger partial charge < -0.3 is 0 Å². The van der Waals surface area contributed by atoms with Crippen LogP contribution in [0.2, 0.25) is 0 Å². The van der Waals surface area contributed by atoms with Gasteiger partial charge in [0.1, 0.15) is 0 Å². The molecule has 0 saturated heterocycles. The van der Waals surface area contributed by atoms with Crippen molar-refractivity contribution in [3.63, 3.8) is 0 Å². The Morgan fingerprint density at radius 3 is 1.97 bits per heavy atom. The molecule has 0 amide bonds. The van der Waals surface area contributed by atoms with Crippen LogP contribution in [0, 0.1) is 0 Å². The first-order chi connectivity index (χ1) is 18.3. The molecule has 2 aliphatic heterocycles. The van der Waals surface area contributed by atoms with E-state index in [1.165, 1.54) is 39.2 Å². The van der Waals surface area contributed by atoms with Gasteiger partial charge in [-0.2, -0.15) is 0 Å². The number of hydrogen-bond acceptors (Lipinski definition) is 2. The Morgan fingerprint density at radius 1 is 0.541 bits per heavy atom. The third kappa shape index (κ3) is 3.02. The van der Waals surface area contributed by atoms with Gasteiger partial charge in [0.2, 0.25) is 0 Å². The summed E-state index contributed by atoms with van der Waals surface area (Å²) >= 11 is -1.08. The van der Waals surface area contributed by atoms with E-state index in [4.69, 9.17) is 10.1 Å². The van der Waals surface area contributed by atoms with Gasteiger partial charge in [-0.25, -0.2) is 0 Å². The van der Waals surface area contributed by atoms with Crippen LogP contribution in [0.15, 0.2) is 128 Å². The molecule has 0 radical (unpaired) electrons. The van der Waals surface area contributed by atoms with Crippen molar-refractivity contribution in [1.82, 2.24) is 14.8 Å². The first-order valence-electron chi connectivity index (χ1n) is 12.4. The summed E-state index contributed by atoms with van der Waals surface area (Å²) in [4.78, 5) is 5.51. The van der Waals surface area contributed by atoms with Gasteiger partial charge in [0.15, 0.2) is 0 Å². The third-order valence-electron chi connectivity index (χ3n) is 7.55. The predicted octanol–water partition coefficient (Wildman–Crippen LogP) is 2.26. The number of aromatic nitrogens is 3. The number of fused-ring (bicyclic) bond motifs is 15. The minimum atomic E-state index is -2.73. The zero-order valence-corrected chi connectivity index (χ0v) is 24.0. The Balaban J connectivity index is 1.55. The van der Waals surface area contributed by atoms with Crippen LogP contribution in [-0.2, 0) is 0 Å². The number of nitrogens with zero attached hydrogens (tertiary/aromatic N) is 3. The standard InChI is InChI=1S/C32H21N3Si.Po/c1-3-12-24(13-4-1)28-18-11-21-31(33-28)36(32-22-23-35(34-32)25-14-5-2-6-15-25)29-19-9-7-16-26(29)27-17-8-10-20-30(27)36;/h1-12,14,16-23H;. The molecule has 0 aliphatic carbocycles. The summed E-state index contributed by atoms with van der Waals surface area (Å²) in [6.07, 6.45) is 2.17. The number of rotatable bonds is 0. The zero-order chi connectivity index (χ0) is 24.4. The van der Waals surface area contributed by atoms with E-state index in [0.717, 1.165) is 16.3 Å². The molecular weight excluding hydrogens is 663 g/mol. The molecule has 0 fully saturated rings. The quantitative estimate of drug-likeness (QED) is 0.230. The predicted molar refractivity (Wildman–Crippen MR) is 154 cm³/mol. The van der Waals surface area contributed by atoms with Gasteiger partial charge in [0.05, 0.1) is 0 Å². The normalized spacial score (nSPS) is 14.1. The Bertz CT molecular complexity index is 1790. The maximum atomic E-state index is 5.51. The van der Waals surface area contributed by atoms with Gasteiger partial charge in [0.25, 0.3) is 0 Å². The molecule has 0 atom stereocenters. The van der Waals surface area contributed by atoms with Crippen LogP contribution in [0.1, 0.15) is 0 Å². The zero-order valence-electron chi connectivity index (χ0n) is 19.9. The molecule has 8 rings (SSSR count). The van der Waals surface area contributed by atoms with Gasteiger partial charge >= 0.3 is 229 Å². The van der Waals surface area contributed by atoms with Crippen LogP contribution in [0.3, 0.4) is 0 Å². The molecule has 5 heteroatoms. The summed E-state index contributed by atoms with van der Waals surface area (Å²) in [5, 5.41) is 10.4. The number of hydrogen-bond donors (Lipinski definition) is 0. The molecule has 4 aromatic carbocycles. The molecule has 0 saturated carbocycles. The average molecular weight is 685 g/mol. The molecule has 4 heterocycles. The van der Waals surface area contributed by atoms with Crippen LogP contribution in [0.5, 0.6) is 0 Å². The van der Waals surface area contributed by atoms with Crippen molar-refractivity contribution in [2.45, 2.75) is 0 Å². The van der Waals surface area contributed by atoms with E-state index >= 15 is 0 Å². The van der Waals surface area contributed by atoms with Crippen LogP contribution < -0.4 is 27.5 Å². The first kappa shape index (κ1) is 21.4. The van der Waals surface area contributed by atoms with Gasteiger partial charge in [-0.1, -0.05) is 0 Å². The van der Waals surface area contributed by atoms with Crippen molar-refractivity contribution in [3.8, 4) is 28.1 Å². The fourth-order valence-corrected chi connectivity index (χ4v) is 15.0. The van der Waals surface area contributed by atoms with Crippen LogP contribution in [0.4, 0.5) is 0 Å². The molecule has 2 aromatic heterocycles. The summed E-state index contributed by atoms with van der Waals surface area (Å²) in [5.74, 6) is 0. The summed E-state index contributed by atoms with van der Waals surface area (Å²) in [6, 6.07) is 44.4. The van der Waals surface area contributed by atoms with Crippen molar-refractivity contribution in [3.05, 3.63) is 128 Å². The topological polar surface area (TPSA) is 30.7 Å². The van der Waals surface area contributed by atoms with Crippen LogP contribution in [0.25, 0.3) is 28.1 Å². The average Bonchev–Trinajstić information content (AvgIpc) is 3.56. The van der Waals surface area contributed by atoms with Gasteiger partial charge in [-0.05, 0) is 0 Å². The molecule has 6 aromatic rings. The van der Waals surface area contributed by atoms with E-state index in [2.05, 4.69) is 132 Å². The molecule has 37 heavy (non-hydrogen) atoms. The van der Waals surface area contributed by atoms with Crippen molar-refractivity contribution in [2.75, 3.05) is 0 Å². The molecule has 3 nitrogen and oxygen atoms in total. The van der Waals surface area contributed by atoms with Gasteiger partial charge in [0, 0.05) is 0 Å². The van der Waals surface area contributed by atoms with Crippen LogP contribution >= 0.6 is 0 Å². The number of benzene rings is 4. The fraction of sp³-hybridized carbons (Fsp3) is 0. The van der Waals surface area contributed by atoms with Crippen molar-refractivity contribution in [1.29, 1.82) is 0 Å². The number of para-hydroxylation sites is 1. The van der Waals surface area contributed by atoms with E-state index in [1.807, 2.05) is 0 Å². The van der Waals surface area contributed by atoms with Gasteiger partial charge in [-0.15, -0.1) is 0 Å².